The van der Waals surface area contributed by atoms with Gasteiger partial charge >= 0.3 is 5.97 Å². The van der Waals surface area contributed by atoms with Crippen molar-refractivity contribution in [1.82, 2.24) is 4.98 Å². The highest BCUT2D eigenvalue weighted by atomic mass is 32.1. The van der Waals surface area contributed by atoms with Crippen LogP contribution in [-0.2, 0) is 6.42 Å². The topological polar surface area (TPSA) is 39.2 Å². The zero-order chi connectivity index (χ0) is 15.4. The summed E-state index contributed by atoms with van der Waals surface area (Å²) in [6.45, 7) is 2.12. The van der Waals surface area contributed by atoms with E-state index in [0.717, 1.165) is 17.0 Å². The molecular formula is C18H15NO2S. The Morgan fingerprint density at radius 3 is 2.50 bits per heavy atom. The zero-order valence-corrected chi connectivity index (χ0v) is 13.0. The standard InChI is InChI=1S/C18H15NO2S/c1-2-13-8-10-14(11-9-13)17-19-16(12-22-17)18(20)21-15-6-4-3-5-7-15/h3-12H,2H2,1H3. The molecule has 0 N–H and O–H groups in total. The van der Waals surface area contributed by atoms with Crippen molar-refractivity contribution >= 4 is 17.3 Å². The molecule has 0 unspecified atom stereocenters. The van der Waals surface area contributed by atoms with Gasteiger partial charge in [0, 0.05) is 10.9 Å². The number of benzene rings is 2. The number of nitrogens with zero attached hydrogens (tertiary/aromatic N) is 1. The molecule has 0 saturated carbocycles. The lowest BCUT2D eigenvalue weighted by Crippen LogP contribution is -2.08. The molecule has 1 heterocycles. The fraction of sp³-hybridized carbons (Fsp3) is 0.111. The Kier molecular flexibility index (Phi) is 4.30. The second kappa shape index (κ2) is 6.54. The van der Waals surface area contributed by atoms with Crippen molar-refractivity contribution in [3.05, 3.63) is 71.2 Å². The van der Waals surface area contributed by atoms with E-state index in [0.29, 0.717) is 11.4 Å². The molecule has 2 aromatic carbocycles. The Balaban J connectivity index is 1.76. The summed E-state index contributed by atoms with van der Waals surface area (Å²) < 4.78 is 5.29. The Hall–Kier alpha value is -2.46. The minimum atomic E-state index is -0.432. The van der Waals surface area contributed by atoms with Crippen LogP contribution < -0.4 is 4.74 Å². The van der Waals surface area contributed by atoms with Crippen LogP contribution in [-0.4, -0.2) is 11.0 Å². The normalized spacial score (nSPS) is 10.4. The van der Waals surface area contributed by atoms with Gasteiger partial charge in [-0.1, -0.05) is 49.4 Å². The third kappa shape index (κ3) is 3.23. The van der Waals surface area contributed by atoms with Gasteiger partial charge in [-0.3, -0.25) is 0 Å². The molecule has 3 nitrogen and oxygen atoms in total. The number of para-hydroxylation sites is 1. The van der Waals surface area contributed by atoms with E-state index in [1.165, 1.54) is 16.9 Å². The Bertz CT molecular complexity index is 763. The maximum absolute atomic E-state index is 12.1. The number of ether oxygens (including phenoxy) is 1. The lowest BCUT2D eigenvalue weighted by molar-refractivity contribution is 0.0729. The van der Waals surface area contributed by atoms with Crippen LogP contribution >= 0.6 is 11.3 Å². The van der Waals surface area contributed by atoms with Crippen molar-refractivity contribution in [1.29, 1.82) is 0 Å². The molecule has 0 saturated heterocycles. The molecule has 110 valence electrons. The van der Waals surface area contributed by atoms with Crippen LogP contribution in [0.3, 0.4) is 0 Å². The highest BCUT2D eigenvalue weighted by molar-refractivity contribution is 7.13. The number of carbonyl (C=O) groups is 1. The highest BCUT2D eigenvalue weighted by Crippen LogP contribution is 2.24. The number of hydrogen-bond donors (Lipinski definition) is 0. The van der Waals surface area contributed by atoms with E-state index in [1.807, 2.05) is 30.3 Å². The molecular weight excluding hydrogens is 294 g/mol. The summed E-state index contributed by atoms with van der Waals surface area (Å²) in [5.74, 6) is 0.0910. The van der Waals surface area contributed by atoms with Crippen LogP contribution in [0.5, 0.6) is 5.75 Å². The quantitative estimate of drug-likeness (QED) is 0.522. The number of carbonyl (C=O) groups excluding carboxylic acids is 1. The van der Waals surface area contributed by atoms with Gasteiger partial charge in [-0.25, -0.2) is 9.78 Å². The average Bonchev–Trinajstić information content (AvgIpc) is 3.06. The molecule has 0 spiro atoms. The van der Waals surface area contributed by atoms with E-state index in [4.69, 9.17) is 4.74 Å². The fourth-order valence-electron chi connectivity index (χ4n) is 2.03. The van der Waals surface area contributed by atoms with Crippen molar-refractivity contribution < 1.29 is 9.53 Å². The first-order valence-electron chi connectivity index (χ1n) is 7.08. The van der Waals surface area contributed by atoms with Crippen molar-refractivity contribution in [2.75, 3.05) is 0 Å². The summed E-state index contributed by atoms with van der Waals surface area (Å²) in [6, 6.07) is 17.2. The number of aromatic nitrogens is 1. The summed E-state index contributed by atoms with van der Waals surface area (Å²) in [4.78, 5) is 16.5. The molecule has 3 rings (SSSR count). The lowest BCUT2D eigenvalue weighted by Gasteiger charge is -2.01. The van der Waals surface area contributed by atoms with E-state index in [9.17, 15) is 4.79 Å². The predicted octanol–water partition coefficient (Wildman–Crippen LogP) is 4.59. The summed E-state index contributed by atoms with van der Waals surface area (Å²) in [5, 5.41) is 2.55. The Labute approximate surface area is 133 Å². The molecule has 3 aromatic rings. The Morgan fingerprint density at radius 1 is 1.09 bits per heavy atom. The van der Waals surface area contributed by atoms with Crippen molar-refractivity contribution in [3.8, 4) is 16.3 Å². The predicted molar refractivity (Wildman–Crippen MR) is 88.3 cm³/mol. The van der Waals surface area contributed by atoms with Gasteiger partial charge in [0.05, 0.1) is 0 Å². The molecule has 0 atom stereocenters. The Morgan fingerprint density at radius 2 is 1.82 bits per heavy atom. The first kappa shape index (κ1) is 14.5. The molecule has 4 heteroatoms. The van der Waals surface area contributed by atoms with Gasteiger partial charge in [-0.05, 0) is 24.1 Å². The maximum Gasteiger partial charge on any atom is 0.363 e. The van der Waals surface area contributed by atoms with Crippen LogP contribution in [0.15, 0.2) is 60.0 Å². The summed E-state index contributed by atoms with van der Waals surface area (Å²) in [5.41, 5.74) is 2.63. The smallest absolute Gasteiger partial charge is 0.363 e. The zero-order valence-electron chi connectivity index (χ0n) is 12.2. The minimum Gasteiger partial charge on any atom is -0.422 e. The van der Waals surface area contributed by atoms with Crippen LogP contribution in [0, 0.1) is 0 Å². The number of esters is 1. The third-order valence-electron chi connectivity index (χ3n) is 3.28. The largest absolute Gasteiger partial charge is 0.422 e. The number of thiazole rings is 1. The number of hydrogen-bond acceptors (Lipinski definition) is 4. The van der Waals surface area contributed by atoms with Crippen molar-refractivity contribution in [2.45, 2.75) is 13.3 Å². The van der Waals surface area contributed by atoms with Crippen LogP contribution in [0.1, 0.15) is 23.0 Å². The van der Waals surface area contributed by atoms with Crippen LogP contribution in [0.25, 0.3) is 10.6 Å². The summed E-state index contributed by atoms with van der Waals surface area (Å²) in [6.07, 6.45) is 1.01. The van der Waals surface area contributed by atoms with Gasteiger partial charge < -0.3 is 4.74 Å². The fourth-order valence-corrected chi connectivity index (χ4v) is 2.83. The van der Waals surface area contributed by atoms with Gasteiger partial charge in [-0.2, -0.15) is 0 Å². The SMILES string of the molecule is CCc1ccc(-c2nc(C(=O)Oc3ccccc3)cs2)cc1. The molecule has 0 aliphatic heterocycles. The van der Waals surface area contributed by atoms with Gasteiger partial charge in [0.15, 0.2) is 5.69 Å². The van der Waals surface area contributed by atoms with Crippen molar-refractivity contribution in [2.24, 2.45) is 0 Å². The second-order valence-corrected chi connectivity index (χ2v) is 5.65. The molecule has 0 aliphatic rings. The molecule has 1 aromatic heterocycles. The number of rotatable bonds is 4. The van der Waals surface area contributed by atoms with Gasteiger partial charge in [0.1, 0.15) is 10.8 Å². The highest BCUT2D eigenvalue weighted by Gasteiger charge is 2.14. The van der Waals surface area contributed by atoms with E-state index < -0.39 is 5.97 Å². The first-order chi connectivity index (χ1) is 10.8. The van der Waals surface area contributed by atoms with Gasteiger partial charge in [0.25, 0.3) is 0 Å². The monoisotopic (exact) mass is 309 g/mol. The van der Waals surface area contributed by atoms with Gasteiger partial charge in [-0.15, -0.1) is 11.3 Å². The molecule has 0 aliphatic carbocycles. The maximum atomic E-state index is 12.1. The number of aryl methyl sites for hydroxylation is 1. The molecule has 0 amide bonds. The van der Waals surface area contributed by atoms with Gasteiger partial charge in [0.2, 0.25) is 0 Å². The van der Waals surface area contributed by atoms with E-state index in [1.54, 1.807) is 17.5 Å². The minimum absolute atomic E-state index is 0.337. The second-order valence-electron chi connectivity index (χ2n) is 4.79. The summed E-state index contributed by atoms with van der Waals surface area (Å²) in [7, 11) is 0. The van der Waals surface area contributed by atoms with Crippen LogP contribution in [0.4, 0.5) is 0 Å². The summed E-state index contributed by atoms with van der Waals surface area (Å²) >= 11 is 1.44. The van der Waals surface area contributed by atoms with E-state index in [-0.39, 0.29) is 0 Å². The molecule has 0 radical (unpaired) electrons. The molecule has 0 bridgehead atoms. The van der Waals surface area contributed by atoms with E-state index >= 15 is 0 Å². The average molecular weight is 309 g/mol. The first-order valence-corrected chi connectivity index (χ1v) is 7.96. The third-order valence-corrected chi connectivity index (χ3v) is 4.17. The van der Waals surface area contributed by atoms with Crippen LogP contribution in [0.2, 0.25) is 0 Å². The van der Waals surface area contributed by atoms with E-state index in [2.05, 4.69) is 24.0 Å². The molecule has 0 fully saturated rings. The lowest BCUT2D eigenvalue weighted by atomic mass is 10.1. The van der Waals surface area contributed by atoms with Crippen molar-refractivity contribution in [3.63, 3.8) is 0 Å². The molecule has 22 heavy (non-hydrogen) atoms.